The van der Waals surface area contributed by atoms with Crippen LogP contribution in [0, 0.1) is 12.0 Å². The van der Waals surface area contributed by atoms with E-state index in [9.17, 15) is 4.39 Å². The van der Waals surface area contributed by atoms with Crippen molar-refractivity contribution in [3.63, 3.8) is 0 Å². The third-order valence-corrected chi connectivity index (χ3v) is 7.84. The largest absolute Gasteiger partial charge is 0.486 e. The first-order valence-electron chi connectivity index (χ1n) is 13.0. The van der Waals surface area contributed by atoms with Gasteiger partial charge in [-0.3, -0.25) is 0 Å². The predicted octanol–water partition coefficient (Wildman–Crippen LogP) is 3.96. The topological polar surface area (TPSA) is 100 Å². The Morgan fingerprint density at radius 1 is 1.00 bits per heavy atom. The molecule has 3 N–H and O–H groups in total. The van der Waals surface area contributed by atoms with Crippen LogP contribution in [0.4, 0.5) is 10.2 Å². The Bertz CT molecular complexity index is 1220. The third-order valence-electron chi connectivity index (χ3n) is 7.84. The zero-order valence-electron chi connectivity index (χ0n) is 20.1. The molecule has 9 heteroatoms. The lowest BCUT2D eigenvalue weighted by Gasteiger charge is -2.24. The molecule has 2 aromatic heterocycles. The maximum atomic E-state index is 14.2. The van der Waals surface area contributed by atoms with Gasteiger partial charge in [-0.1, -0.05) is 12.8 Å². The summed E-state index contributed by atoms with van der Waals surface area (Å²) in [6.07, 6.45) is 7.97. The van der Waals surface area contributed by atoms with Crippen LogP contribution >= 0.6 is 0 Å². The standard InChI is InChI=1S/C26H33FN6O2/c27-26-31-24(28)23-25(32-26)33(10-7-16-5-8-29-9-6-16)22(30-23)14-18-13-20-21(35-12-11-34-20)15-19(18)17-3-1-2-4-17/h13,15-17,29H,1-12,14H2,(H2,28,31,32). The van der Waals surface area contributed by atoms with Crippen LogP contribution < -0.4 is 20.5 Å². The number of nitrogens with zero attached hydrogens (tertiary/aromatic N) is 4. The molecule has 1 aliphatic carbocycles. The minimum Gasteiger partial charge on any atom is -0.486 e. The number of piperidine rings is 1. The molecular formula is C26H33FN6O2. The minimum atomic E-state index is -0.810. The van der Waals surface area contributed by atoms with Crippen molar-refractivity contribution in [2.45, 2.75) is 63.8 Å². The Morgan fingerprint density at radius 3 is 2.51 bits per heavy atom. The molecule has 0 radical (unpaired) electrons. The van der Waals surface area contributed by atoms with Crippen LogP contribution in [0.1, 0.15) is 67.8 Å². The van der Waals surface area contributed by atoms with E-state index < -0.39 is 6.08 Å². The number of anilines is 1. The van der Waals surface area contributed by atoms with Crippen LogP contribution in [0.25, 0.3) is 11.2 Å². The molecule has 0 bridgehead atoms. The third kappa shape index (κ3) is 4.53. The fourth-order valence-electron chi connectivity index (χ4n) is 5.98. The summed E-state index contributed by atoms with van der Waals surface area (Å²) in [5.41, 5.74) is 9.54. The maximum absolute atomic E-state index is 14.2. The van der Waals surface area contributed by atoms with Crippen molar-refractivity contribution in [2.24, 2.45) is 5.92 Å². The van der Waals surface area contributed by atoms with Gasteiger partial charge in [0, 0.05) is 13.0 Å². The molecular weight excluding hydrogens is 447 g/mol. The van der Waals surface area contributed by atoms with Gasteiger partial charge >= 0.3 is 6.08 Å². The second-order valence-corrected chi connectivity index (χ2v) is 10.1. The maximum Gasteiger partial charge on any atom is 0.312 e. The van der Waals surface area contributed by atoms with Crippen LogP contribution in [-0.2, 0) is 13.0 Å². The van der Waals surface area contributed by atoms with Crippen molar-refractivity contribution in [2.75, 3.05) is 32.0 Å². The second-order valence-electron chi connectivity index (χ2n) is 10.1. The van der Waals surface area contributed by atoms with E-state index in [-0.39, 0.29) is 5.82 Å². The zero-order chi connectivity index (χ0) is 23.8. The van der Waals surface area contributed by atoms with E-state index >= 15 is 0 Å². The highest BCUT2D eigenvalue weighted by atomic mass is 19.1. The van der Waals surface area contributed by atoms with Gasteiger partial charge in [0.1, 0.15) is 19.0 Å². The Balaban J connectivity index is 1.39. The van der Waals surface area contributed by atoms with Gasteiger partial charge < -0.3 is 25.1 Å². The second kappa shape index (κ2) is 9.60. The average Bonchev–Trinajstić information content (AvgIpc) is 3.52. The number of halogens is 1. The van der Waals surface area contributed by atoms with E-state index in [1.165, 1.54) is 36.8 Å². The lowest BCUT2D eigenvalue weighted by Crippen LogP contribution is -2.28. The highest BCUT2D eigenvalue weighted by molar-refractivity contribution is 5.82. The van der Waals surface area contributed by atoms with Gasteiger partial charge in [-0.2, -0.15) is 14.4 Å². The van der Waals surface area contributed by atoms with Crippen LogP contribution in [0.15, 0.2) is 12.1 Å². The van der Waals surface area contributed by atoms with Gasteiger partial charge in [0.05, 0.1) is 0 Å². The van der Waals surface area contributed by atoms with Gasteiger partial charge in [-0.05, 0) is 80.3 Å². The number of hydrogen-bond donors (Lipinski definition) is 2. The summed E-state index contributed by atoms with van der Waals surface area (Å²) in [6.45, 7) is 3.96. The number of nitrogens with one attached hydrogen (secondary N) is 1. The average molecular weight is 481 g/mol. The van der Waals surface area contributed by atoms with Gasteiger partial charge in [0.25, 0.3) is 0 Å². The summed E-state index contributed by atoms with van der Waals surface area (Å²) < 4.78 is 28.1. The molecule has 35 heavy (non-hydrogen) atoms. The number of imidazole rings is 1. The highest BCUT2D eigenvalue weighted by Crippen LogP contribution is 2.42. The van der Waals surface area contributed by atoms with Crippen LogP contribution in [0.3, 0.4) is 0 Å². The molecule has 0 amide bonds. The zero-order valence-corrected chi connectivity index (χ0v) is 20.1. The van der Waals surface area contributed by atoms with Crippen molar-refractivity contribution in [3.8, 4) is 11.5 Å². The quantitative estimate of drug-likeness (QED) is 0.515. The van der Waals surface area contributed by atoms with Crippen LogP contribution in [0.5, 0.6) is 11.5 Å². The first-order chi connectivity index (χ1) is 17.2. The smallest absolute Gasteiger partial charge is 0.312 e. The summed E-state index contributed by atoms with van der Waals surface area (Å²) in [5, 5.41) is 3.43. The molecule has 3 aromatic rings. The predicted molar refractivity (Wildman–Crippen MR) is 131 cm³/mol. The molecule has 6 rings (SSSR count). The number of aromatic nitrogens is 4. The normalized spacial score (nSPS) is 19.0. The van der Waals surface area contributed by atoms with Crippen molar-refractivity contribution in [1.82, 2.24) is 24.8 Å². The molecule has 0 atom stereocenters. The summed E-state index contributed by atoms with van der Waals surface area (Å²) in [7, 11) is 0. The van der Waals surface area contributed by atoms with E-state index in [2.05, 4.69) is 32.0 Å². The lowest BCUT2D eigenvalue weighted by molar-refractivity contribution is 0.171. The monoisotopic (exact) mass is 480 g/mol. The SMILES string of the molecule is Nc1nc(F)nc2c1nc(Cc1cc3c(cc1C1CCCC1)OCCO3)n2CCC1CCNCC1. The molecule has 2 fully saturated rings. The Kier molecular flexibility index (Phi) is 6.18. The Morgan fingerprint density at radius 2 is 1.74 bits per heavy atom. The van der Waals surface area contributed by atoms with E-state index in [1.807, 2.05) is 0 Å². The fraction of sp³-hybridized carbons (Fsp3) is 0.577. The molecule has 8 nitrogen and oxygen atoms in total. The molecule has 1 aromatic carbocycles. The summed E-state index contributed by atoms with van der Waals surface area (Å²) in [4.78, 5) is 12.7. The van der Waals surface area contributed by atoms with Gasteiger partial charge in [0.2, 0.25) is 0 Å². The first kappa shape index (κ1) is 22.5. The number of fused-ring (bicyclic) bond motifs is 2. The molecule has 1 saturated heterocycles. The Hall–Kier alpha value is -2.94. The molecule has 2 aliphatic heterocycles. The van der Waals surface area contributed by atoms with Crippen molar-refractivity contribution < 1.29 is 13.9 Å². The molecule has 0 unspecified atom stereocenters. The fourth-order valence-corrected chi connectivity index (χ4v) is 5.98. The number of nitrogens with two attached hydrogens (primary N) is 1. The van der Waals surface area contributed by atoms with Gasteiger partial charge in [0.15, 0.2) is 28.5 Å². The summed E-state index contributed by atoms with van der Waals surface area (Å²) >= 11 is 0. The molecule has 3 aliphatic rings. The van der Waals surface area contributed by atoms with Crippen LogP contribution in [-0.4, -0.2) is 45.8 Å². The van der Waals surface area contributed by atoms with Crippen molar-refractivity contribution >= 4 is 17.0 Å². The number of hydrogen-bond acceptors (Lipinski definition) is 7. The minimum absolute atomic E-state index is 0.0903. The van der Waals surface area contributed by atoms with E-state index in [4.69, 9.17) is 20.2 Å². The van der Waals surface area contributed by atoms with E-state index in [1.54, 1.807) is 0 Å². The van der Waals surface area contributed by atoms with Gasteiger partial charge in [-0.25, -0.2) is 4.98 Å². The number of benzene rings is 1. The van der Waals surface area contributed by atoms with Crippen LogP contribution in [0.2, 0.25) is 0 Å². The summed E-state index contributed by atoms with van der Waals surface area (Å²) in [5.74, 6) is 3.70. The number of ether oxygens (including phenoxy) is 2. The molecule has 0 spiro atoms. The Labute approximate surface area is 204 Å². The van der Waals surface area contributed by atoms with Crippen molar-refractivity contribution in [1.29, 1.82) is 0 Å². The molecule has 186 valence electrons. The molecule has 4 heterocycles. The van der Waals surface area contributed by atoms with E-state index in [0.29, 0.717) is 42.6 Å². The lowest BCUT2D eigenvalue weighted by atomic mass is 9.90. The van der Waals surface area contributed by atoms with Crippen molar-refractivity contribution in [3.05, 3.63) is 35.2 Å². The highest BCUT2D eigenvalue weighted by Gasteiger charge is 2.26. The first-order valence-corrected chi connectivity index (χ1v) is 13.0. The number of aryl methyl sites for hydroxylation is 1. The molecule has 1 saturated carbocycles. The summed E-state index contributed by atoms with van der Waals surface area (Å²) in [6, 6.07) is 4.30. The number of nitrogen functional groups attached to an aromatic ring is 1. The number of rotatable bonds is 6. The van der Waals surface area contributed by atoms with Gasteiger partial charge in [-0.15, -0.1) is 0 Å². The van der Waals surface area contributed by atoms with E-state index in [0.717, 1.165) is 56.2 Å².